The average molecular weight is 341 g/mol. The van der Waals surface area contributed by atoms with Crippen LogP contribution in [-0.2, 0) is 13.0 Å². The van der Waals surface area contributed by atoms with Crippen molar-refractivity contribution in [1.82, 2.24) is 24.3 Å². The summed E-state index contributed by atoms with van der Waals surface area (Å²) in [5, 5.41) is 4.20. The van der Waals surface area contributed by atoms with Crippen molar-refractivity contribution in [2.75, 3.05) is 0 Å². The van der Waals surface area contributed by atoms with Crippen LogP contribution in [0, 0.1) is 6.92 Å². The monoisotopic (exact) mass is 341 g/mol. The number of imidazole rings is 1. The van der Waals surface area contributed by atoms with E-state index in [-0.39, 0.29) is 12.0 Å². The molecule has 2 aromatic rings. The zero-order valence-corrected chi connectivity index (χ0v) is 13.9. The van der Waals surface area contributed by atoms with Crippen molar-refractivity contribution in [2.45, 2.75) is 70.6 Å². The van der Waals surface area contributed by atoms with Crippen LogP contribution in [0.25, 0.3) is 0 Å². The molecule has 2 aromatic heterocycles. The van der Waals surface area contributed by atoms with Crippen molar-refractivity contribution in [2.24, 2.45) is 0 Å². The van der Waals surface area contributed by atoms with E-state index in [1.54, 1.807) is 6.20 Å². The molecular weight excluding hydrogens is 319 g/mol. The largest absolute Gasteiger partial charge is 0.408 e. The summed E-state index contributed by atoms with van der Waals surface area (Å²) in [5.74, 6) is 2.00. The van der Waals surface area contributed by atoms with Crippen molar-refractivity contribution in [3.8, 4) is 0 Å². The number of aryl methyl sites for hydroxylation is 1. The summed E-state index contributed by atoms with van der Waals surface area (Å²) >= 11 is 0. The highest BCUT2D eigenvalue weighted by molar-refractivity contribution is 5.04. The van der Waals surface area contributed by atoms with E-state index in [1.807, 2.05) is 24.6 Å². The Hall–Kier alpha value is -1.86. The van der Waals surface area contributed by atoms with Gasteiger partial charge in [-0.05, 0) is 26.7 Å². The van der Waals surface area contributed by atoms with Crippen molar-refractivity contribution in [3.63, 3.8) is 0 Å². The minimum Gasteiger partial charge on any atom is -0.332 e. The van der Waals surface area contributed by atoms with E-state index in [0.29, 0.717) is 18.1 Å². The maximum Gasteiger partial charge on any atom is 0.408 e. The molecule has 5 nitrogen and oxygen atoms in total. The molecule has 0 aromatic carbocycles. The lowest BCUT2D eigenvalue weighted by Crippen LogP contribution is -2.22. The first-order valence-corrected chi connectivity index (χ1v) is 8.33. The van der Waals surface area contributed by atoms with Crippen LogP contribution in [0.5, 0.6) is 0 Å². The van der Waals surface area contributed by atoms with E-state index in [1.165, 1.54) is 0 Å². The van der Waals surface area contributed by atoms with Gasteiger partial charge in [-0.3, -0.25) is 0 Å². The van der Waals surface area contributed by atoms with Gasteiger partial charge in [-0.25, -0.2) is 14.6 Å². The van der Waals surface area contributed by atoms with Crippen LogP contribution in [0.15, 0.2) is 12.4 Å². The summed E-state index contributed by atoms with van der Waals surface area (Å²) in [6, 6.07) is -0.0277. The lowest BCUT2D eigenvalue weighted by atomic mass is 10.1. The van der Waals surface area contributed by atoms with E-state index in [9.17, 15) is 13.2 Å². The Kier molecular flexibility index (Phi) is 4.64. The number of halogens is 3. The number of rotatable bonds is 5. The zero-order chi connectivity index (χ0) is 17.3. The first-order valence-electron chi connectivity index (χ1n) is 8.33. The van der Waals surface area contributed by atoms with E-state index in [2.05, 4.69) is 15.1 Å². The molecule has 132 valence electrons. The van der Waals surface area contributed by atoms with E-state index in [0.717, 1.165) is 36.2 Å². The maximum atomic E-state index is 12.9. The molecule has 24 heavy (non-hydrogen) atoms. The van der Waals surface area contributed by atoms with Crippen LogP contribution in [0.3, 0.4) is 0 Å². The normalized spacial score (nSPS) is 17.5. The predicted molar refractivity (Wildman–Crippen MR) is 82.7 cm³/mol. The fourth-order valence-corrected chi connectivity index (χ4v) is 3.41. The first kappa shape index (κ1) is 17.0. The SMILES string of the molecule is Cc1nccn1[C@H](C)Cc1nc(C2CCCC2)nn1CC(F)(F)F. The molecule has 1 fully saturated rings. The Morgan fingerprint density at radius 1 is 1.29 bits per heavy atom. The van der Waals surface area contributed by atoms with E-state index >= 15 is 0 Å². The fraction of sp³-hybridized carbons (Fsp3) is 0.688. The number of alkyl halides is 3. The molecule has 1 saturated carbocycles. The molecule has 0 unspecified atom stereocenters. The lowest BCUT2D eigenvalue weighted by Gasteiger charge is -2.15. The van der Waals surface area contributed by atoms with Gasteiger partial charge in [0.15, 0.2) is 5.82 Å². The lowest BCUT2D eigenvalue weighted by molar-refractivity contribution is -0.143. The summed E-state index contributed by atoms with van der Waals surface area (Å²) in [7, 11) is 0. The molecule has 1 atom stereocenters. The van der Waals surface area contributed by atoms with Crippen molar-refractivity contribution in [1.29, 1.82) is 0 Å². The molecular formula is C16H22F3N5. The Morgan fingerprint density at radius 2 is 2.00 bits per heavy atom. The fourth-order valence-electron chi connectivity index (χ4n) is 3.41. The summed E-state index contributed by atoms with van der Waals surface area (Å²) in [5.41, 5.74) is 0. The molecule has 0 spiro atoms. The highest BCUT2D eigenvalue weighted by Gasteiger charge is 2.32. The van der Waals surface area contributed by atoms with Gasteiger partial charge in [-0.2, -0.15) is 18.3 Å². The summed E-state index contributed by atoms with van der Waals surface area (Å²) in [4.78, 5) is 8.64. The zero-order valence-electron chi connectivity index (χ0n) is 13.9. The van der Waals surface area contributed by atoms with Crippen LogP contribution in [0.4, 0.5) is 13.2 Å². The second-order valence-corrected chi connectivity index (χ2v) is 6.58. The number of hydrogen-bond acceptors (Lipinski definition) is 3. The van der Waals surface area contributed by atoms with Gasteiger partial charge in [-0.1, -0.05) is 12.8 Å². The molecule has 0 radical (unpaired) electrons. The Bertz CT molecular complexity index is 682. The first-order chi connectivity index (χ1) is 11.3. The summed E-state index contributed by atoms with van der Waals surface area (Å²) < 4.78 is 41.6. The molecule has 3 rings (SSSR count). The van der Waals surface area contributed by atoms with Gasteiger partial charge >= 0.3 is 6.18 Å². The Morgan fingerprint density at radius 3 is 2.58 bits per heavy atom. The van der Waals surface area contributed by atoms with Gasteiger partial charge in [0.05, 0.1) is 0 Å². The highest BCUT2D eigenvalue weighted by atomic mass is 19.4. The van der Waals surface area contributed by atoms with Crippen LogP contribution >= 0.6 is 0 Å². The molecule has 1 aliphatic carbocycles. The van der Waals surface area contributed by atoms with Crippen molar-refractivity contribution >= 4 is 0 Å². The number of aromatic nitrogens is 5. The molecule has 0 bridgehead atoms. The third-order valence-corrected chi connectivity index (χ3v) is 4.63. The standard InChI is InChI=1S/C16H22F3N5/c1-11(23-8-7-20-12(23)2)9-14-21-15(13-5-3-4-6-13)22-24(14)10-16(17,18)19/h7-8,11,13H,3-6,9-10H2,1-2H3/t11-/m1/s1. The van der Waals surface area contributed by atoms with Crippen LogP contribution in [0.1, 0.15) is 62.0 Å². The van der Waals surface area contributed by atoms with Crippen LogP contribution in [0.2, 0.25) is 0 Å². The van der Waals surface area contributed by atoms with Crippen LogP contribution < -0.4 is 0 Å². The third kappa shape index (κ3) is 3.79. The van der Waals surface area contributed by atoms with Gasteiger partial charge < -0.3 is 4.57 Å². The molecule has 2 heterocycles. The Labute approximate surface area is 138 Å². The Balaban J connectivity index is 1.85. The highest BCUT2D eigenvalue weighted by Crippen LogP contribution is 2.33. The molecule has 0 amide bonds. The van der Waals surface area contributed by atoms with Crippen molar-refractivity contribution < 1.29 is 13.2 Å². The summed E-state index contributed by atoms with van der Waals surface area (Å²) in [6.45, 7) is 2.75. The van der Waals surface area contributed by atoms with E-state index < -0.39 is 12.7 Å². The molecule has 1 aliphatic rings. The quantitative estimate of drug-likeness (QED) is 0.831. The molecule has 0 aliphatic heterocycles. The molecule has 8 heteroatoms. The van der Waals surface area contributed by atoms with Crippen LogP contribution in [-0.4, -0.2) is 30.5 Å². The summed E-state index contributed by atoms with van der Waals surface area (Å²) in [6.07, 6.45) is 3.74. The third-order valence-electron chi connectivity index (χ3n) is 4.63. The van der Waals surface area contributed by atoms with E-state index in [4.69, 9.17) is 0 Å². The van der Waals surface area contributed by atoms with Gasteiger partial charge in [0.2, 0.25) is 0 Å². The second kappa shape index (κ2) is 6.57. The van der Waals surface area contributed by atoms with Gasteiger partial charge in [0.1, 0.15) is 18.2 Å². The topological polar surface area (TPSA) is 48.5 Å². The second-order valence-electron chi connectivity index (χ2n) is 6.58. The smallest absolute Gasteiger partial charge is 0.332 e. The average Bonchev–Trinajstić information content (AvgIpc) is 3.18. The van der Waals surface area contributed by atoms with Gasteiger partial charge in [0.25, 0.3) is 0 Å². The van der Waals surface area contributed by atoms with Gasteiger partial charge in [-0.15, -0.1) is 0 Å². The predicted octanol–water partition coefficient (Wildman–Crippen LogP) is 3.81. The van der Waals surface area contributed by atoms with Crippen molar-refractivity contribution in [3.05, 3.63) is 29.9 Å². The van der Waals surface area contributed by atoms with Gasteiger partial charge in [0, 0.05) is 30.8 Å². The minimum absolute atomic E-state index is 0.0277. The number of nitrogens with zero attached hydrogens (tertiary/aromatic N) is 5. The minimum atomic E-state index is -4.30. The molecule has 0 saturated heterocycles. The number of hydrogen-bond donors (Lipinski definition) is 0. The maximum absolute atomic E-state index is 12.9. The molecule has 0 N–H and O–H groups in total.